The van der Waals surface area contributed by atoms with E-state index < -0.39 is 18.6 Å². The van der Waals surface area contributed by atoms with Gasteiger partial charge in [0.1, 0.15) is 6.54 Å². The topological polar surface area (TPSA) is 46.3 Å². The summed E-state index contributed by atoms with van der Waals surface area (Å²) in [5.41, 5.74) is 5.50. The summed E-state index contributed by atoms with van der Waals surface area (Å²) in [6, 6.07) is 0. The van der Waals surface area contributed by atoms with E-state index in [0.29, 0.717) is 24.8 Å². The molecule has 0 aromatic rings. The minimum Gasteiger partial charge on any atom is -0.334 e. The second-order valence-electron chi connectivity index (χ2n) is 5.14. The molecular formula is C13H25F3N2O. The van der Waals surface area contributed by atoms with Crippen molar-refractivity contribution in [1.82, 2.24) is 4.90 Å². The first-order valence-electron chi connectivity index (χ1n) is 6.75. The number of halogens is 3. The van der Waals surface area contributed by atoms with Gasteiger partial charge in [0.25, 0.3) is 0 Å². The molecule has 0 heterocycles. The molecule has 3 nitrogen and oxygen atoms in total. The highest BCUT2D eigenvalue weighted by molar-refractivity contribution is 5.76. The highest BCUT2D eigenvalue weighted by Crippen LogP contribution is 2.22. The van der Waals surface area contributed by atoms with Gasteiger partial charge in [-0.05, 0) is 38.1 Å². The molecule has 0 radical (unpaired) electrons. The maximum Gasteiger partial charge on any atom is 0.406 e. The van der Waals surface area contributed by atoms with Gasteiger partial charge in [-0.3, -0.25) is 4.79 Å². The van der Waals surface area contributed by atoms with Crippen LogP contribution in [0, 0.1) is 11.8 Å². The average molecular weight is 282 g/mol. The van der Waals surface area contributed by atoms with Gasteiger partial charge < -0.3 is 10.6 Å². The van der Waals surface area contributed by atoms with Gasteiger partial charge in [0.15, 0.2) is 0 Å². The van der Waals surface area contributed by atoms with Crippen molar-refractivity contribution in [2.45, 2.75) is 46.2 Å². The van der Waals surface area contributed by atoms with E-state index in [4.69, 9.17) is 5.73 Å². The third kappa shape index (κ3) is 8.08. The normalized spacial score (nSPS) is 13.7. The lowest BCUT2D eigenvalue weighted by Gasteiger charge is -2.24. The summed E-state index contributed by atoms with van der Waals surface area (Å²) in [5, 5.41) is 0. The Labute approximate surface area is 113 Å². The van der Waals surface area contributed by atoms with Gasteiger partial charge in [0.2, 0.25) is 5.91 Å². The zero-order valence-corrected chi connectivity index (χ0v) is 12.0. The fourth-order valence-corrected chi connectivity index (χ4v) is 2.08. The molecule has 2 N–H and O–H groups in total. The highest BCUT2D eigenvalue weighted by atomic mass is 19.4. The molecule has 1 unspecified atom stereocenters. The molecular weight excluding hydrogens is 257 g/mol. The molecule has 114 valence electrons. The van der Waals surface area contributed by atoms with Crippen LogP contribution in [0.3, 0.4) is 0 Å². The molecule has 0 bridgehead atoms. The molecule has 0 aromatic heterocycles. The maximum atomic E-state index is 12.3. The first kappa shape index (κ1) is 18.2. The number of carbonyl (C=O) groups excluding carboxylic acids is 1. The lowest BCUT2D eigenvalue weighted by Crippen LogP contribution is -2.39. The van der Waals surface area contributed by atoms with Crippen molar-refractivity contribution in [3.8, 4) is 0 Å². The monoisotopic (exact) mass is 282 g/mol. The van der Waals surface area contributed by atoms with E-state index >= 15 is 0 Å². The van der Waals surface area contributed by atoms with Gasteiger partial charge in [-0.2, -0.15) is 13.2 Å². The lowest BCUT2D eigenvalue weighted by molar-refractivity contribution is -0.161. The van der Waals surface area contributed by atoms with E-state index in [1.165, 1.54) is 0 Å². The van der Waals surface area contributed by atoms with Crippen LogP contribution in [0.4, 0.5) is 13.2 Å². The summed E-state index contributed by atoms with van der Waals surface area (Å²) in [6.45, 7) is 5.10. The predicted octanol–water partition coefficient (Wildman–Crippen LogP) is 2.80. The van der Waals surface area contributed by atoms with Gasteiger partial charge in [-0.15, -0.1) is 0 Å². The molecule has 0 aliphatic rings. The Bertz CT molecular complexity index is 267. The Balaban J connectivity index is 4.33. The number of hydrogen-bond acceptors (Lipinski definition) is 2. The van der Waals surface area contributed by atoms with Crippen molar-refractivity contribution < 1.29 is 18.0 Å². The third-order valence-electron chi connectivity index (χ3n) is 3.31. The molecule has 0 spiro atoms. The van der Waals surface area contributed by atoms with Gasteiger partial charge in [0, 0.05) is 13.0 Å². The van der Waals surface area contributed by atoms with E-state index in [-0.39, 0.29) is 13.0 Å². The van der Waals surface area contributed by atoms with Crippen LogP contribution in [0.15, 0.2) is 0 Å². The standard InChI is InChI=1S/C13H25F3N2O/c1-4-18(9-13(14,15)16)12(19)6-5-11(7-8-17)10(2)3/h10-11H,4-9,17H2,1-3H3. The molecule has 1 amide bonds. The van der Waals surface area contributed by atoms with E-state index in [0.717, 1.165) is 11.3 Å². The summed E-state index contributed by atoms with van der Waals surface area (Å²) >= 11 is 0. The van der Waals surface area contributed by atoms with Crippen LogP contribution < -0.4 is 5.73 Å². The lowest BCUT2D eigenvalue weighted by atomic mass is 9.88. The fourth-order valence-electron chi connectivity index (χ4n) is 2.08. The Morgan fingerprint density at radius 3 is 2.21 bits per heavy atom. The molecule has 0 saturated heterocycles. The number of hydrogen-bond donors (Lipinski definition) is 1. The van der Waals surface area contributed by atoms with Crippen LogP contribution in [-0.4, -0.2) is 36.6 Å². The third-order valence-corrected chi connectivity index (χ3v) is 3.31. The van der Waals surface area contributed by atoms with Crippen molar-refractivity contribution in [1.29, 1.82) is 0 Å². The van der Waals surface area contributed by atoms with E-state index in [2.05, 4.69) is 0 Å². The minimum absolute atomic E-state index is 0.0849. The predicted molar refractivity (Wildman–Crippen MR) is 69.5 cm³/mol. The molecule has 0 rings (SSSR count). The largest absolute Gasteiger partial charge is 0.406 e. The van der Waals surface area contributed by atoms with E-state index in [1.54, 1.807) is 6.92 Å². The van der Waals surface area contributed by atoms with Crippen LogP contribution in [0.5, 0.6) is 0 Å². The fraction of sp³-hybridized carbons (Fsp3) is 0.923. The summed E-state index contributed by atoms with van der Waals surface area (Å²) < 4.78 is 36.9. The number of alkyl halides is 3. The zero-order chi connectivity index (χ0) is 15.1. The summed E-state index contributed by atoms with van der Waals surface area (Å²) in [7, 11) is 0. The maximum absolute atomic E-state index is 12.3. The quantitative estimate of drug-likeness (QED) is 0.744. The second-order valence-corrected chi connectivity index (χ2v) is 5.14. The smallest absolute Gasteiger partial charge is 0.334 e. The van der Waals surface area contributed by atoms with Gasteiger partial charge in [-0.1, -0.05) is 13.8 Å². The Morgan fingerprint density at radius 2 is 1.84 bits per heavy atom. The van der Waals surface area contributed by atoms with Crippen molar-refractivity contribution in [2.75, 3.05) is 19.6 Å². The molecule has 1 atom stereocenters. The molecule has 19 heavy (non-hydrogen) atoms. The second kappa shape index (κ2) is 8.40. The van der Waals surface area contributed by atoms with Crippen LogP contribution in [0.2, 0.25) is 0 Å². The highest BCUT2D eigenvalue weighted by Gasteiger charge is 2.32. The minimum atomic E-state index is -4.33. The number of nitrogens with two attached hydrogens (primary N) is 1. The Kier molecular flexibility index (Phi) is 8.06. The molecule has 6 heteroatoms. The van der Waals surface area contributed by atoms with Crippen LogP contribution in [0.1, 0.15) is 40.0 Å². The van der Waals surface area contributed by atoms with Gasteiger partial charge >= 0.3 is 6.18 Å². The van der Waals surface area contributed by atoms with Crippen LogP contribution in [0.25, 0.3) is 0 Å². The molecule has 0 aliphatic heterocycles. The number of carbonyl (C=O) groups is 1. The van der Waals surface area contributed by atoms with Gasteiger partial charge in [0.05, 0.1) is 0 Å². The molecule has 0 aliphatic carbocycles. The first-order valence-corrected chi connectivity index (χ1v) is 6.75. The van der Waals surface area contributed by atoms with Crippen molar-refractivity contribution in [3.05, 3.63) is 0 Å². The number of rotatable bonds is 8. The van der Waals surface area contributed by atoms with Crippen molar-refractivity contribution in [3.63, 3.8) is 0 Å². The number of nitrogens with zero attached hydrogens (tertiary/aromatic N) is 1. The van der Waals surface area contributed by atoms with E-state index in [1.807, 2.05) is 13.8 Å². The van der Waals surface area contributed by atoms with E-state index in [9.17, 15) is 18.0 Å². The molecule has 0 aromatic carbocycles. The Hall–Kier alpha value is -0.780. The summed E-state index contributed by atoms with van der Waals surface area (Å²) in [4.78, 5) is 12.6. The van der Waals surface area contributed by atoms with Crippen LogP contribution >= 0.6 is 0 Å². The Morgan fingerprint density at radius 1 is 1.26 bits per heavy atom. The van der Waals surface area contributed by atoms with Crippen LogP contribution in [-0.2, 0) is 4.79 Å². The summed E-state index contributed by atoms with van der Waals surface area (Å²) in [5.74, 6) is 0.245. The molecule has 0 fully saturated rings. The number of amides is 1. The first-order chi connectivity index (χ1) is 8.71. The zero-order valence-electron chi connectivity index (χ0n) is 12.0. The average Bonchev–Trinajstić information content (AvgIpc) is 2.29. The SMILES string of the molecule is CCN(CC(F)(F)F)C(=O)CCC(CCN)C(C)C. The summed E-state index contributed by atoms with van der Waals surface area (Å²) in [6.07, 6.45) is -2.77. The van der Waals surface area contributed by atoms with Crippen molar-refractivity contribution >= 4 is 5.91 Å². The van der Waals surface area contributed by atoms with Crippen molar-refractivity contribution in [2.24, 2.45) is 17.6 Å². The molecule has 0 saturated carbocycles. The van der Waals surface area contributed by atoms with Gasteiger partial charge in [-0.25, -0.2) is 0 Å².